The zero-order chi connectivity index (χ0) is 12.7. The van der Waals surface area contributed by atoms with Gasteiger partial charge in [-0.05, 0) is 18.8 Å². The lowest BCUT2D eigenvalue weighted by Gasteiger charge is -2.13. The first kappa shape index (κ1) is 13.9. The standard InChI is InChI=1S/C11H20N2O4/c1-17-7-6-12-9(14)4-5-13-10(11(15)16)8-2-3-8/h8,10,13H,2-7H2,1H3,(H,12,14)(H,15,16). The first-order valence-electron chi connectivity index (χ1n) is 5.87. The summed E-state index contributed by atoms with van der Waals surface area (Å²) in [7, 11) is 1.57. The fraction of sp³-hybridized carbons (Fsp3) is 0.818. The normalized spacial score (nSPS) is 16.5. The number of carboxylic acids is 1. The van der Waals surface area contributed by atoms with Crippen LogP contribution in [-0.2, 0) is 14.3 Å². The number of ether oxygens (including phenoxy) is 1. The van der Waals surface area contributed by atoms with Crippen molar-refractivity contribution in [1.82, 2.24) is 10.6 Å². The molecule has 0 aliphatic heterocycles. The first-order valence-corrected chi connectivity index (χ1v) is 5.87. The Morgan fingerprint density at radius 3 is 2.65 bits per heavy atom. The van der Waals surface area contributed by atoms with Gasteiger partial charge in [0.15, 0.2) is 0 Å². The molecule has 1 saturated carbocycles. The summed E-state index contributed by atoms with van der Waals surface area (Å²) in [5.74, 6) is -0.675. The number of nitrogens with one attached hydrogen (secondary N) is 2. The molecule has 1 rings (SSSR count). The lowest BCUT2D eigenvalue weighted by molar-refractivity contribution is -0.140. The molecule has 1 atom stereocenters. The van der Waals surface area contributed by atoms with Crippen molar-refractivity contribution < 1.29 is 19.4 Å². The van der Waals surface area contributed by atoms with Gasteiger partial charge in [-0.15, -0.1) is 0 Å². The maximum atomic E-state index is 11.3. The van der Waals surface area contributed by atoms with Crippen LogP contribution in [0.1, 0.15) is 19.3 Å². The second-order valence-corrected chi connectivity index (χ2v) is 4.20. The third-order valence-electron chi connectivity index (χ3n) is 2.70. The quantitative estimate of drug-likeness (QED) is 0.480. The highest BCUT2D eigenvalue weighted by Crippen LogP contribution is 2.32. The van der Waals surface area contributed by atoms with Crippen LogP contribution in [0.2, 0.25) is 0 Å². The molecule has 6 heteroatoms. The average molecular weight is 244 g/mol. The molecular weight excluding hydrogens is 224 g/mol. The lowest BCUT2D eigenvalue weighted by atomic mass is 10.2. The Balaban J connectivity index is 2.09. The first-order chi connectivity index (χ1) is 8.15. The molecule has 0 radical (unpaired) electrons. The van der Waals surface area contributed by atoms with Gasteiger partial charge in [-0.25, -0.2) is 0 Å². The molecule has 0 heterocycles. The van der Waals surface area contributed by atoms with E-state index in [1.165, 1.54) is 0 Å². The number of carboxylic acid groups (broad SMARTS) is 1. The second-order valence-electron chi connectivity index (χ2n) is 4.20. The van der Waals surface area contributed by atoms with Crippen LogP contribution in [0.15, 0.2) is 0 Å². The summed E-state index contributed by atoms with van der Waals surface area (Å²) < 4.78 is 4.80. The number of methoxy groups -OCH3 is 1. The Labute approximate surface area is 101 Å². The van der Waals surface area contributed by atoms with Crippen LogP contribution in [0, 0.1) is 5.92 Å². The van der Waals surface area contributed by atoms with E-state index in [1.807, 2.05) is 0 Å². The number of aliphatic carboxylic acids is 1. The molecule has 0 bridgehead atoms. The van der Waals surface area contributed by atoms with E-state index in [2.05, 4.69) is 10.6 Å². The average Bonchev–Trinajstić information content (AvgIpc) is 3.08. The highest BCUT2D eigenvalue weighted by atomic mass is 16.5. The molecule has 17 heavy (non-hydrogen) atoms. The van der Waals surface area contributed by atoms with Crippen molar-refractivity contribution in [1.29, 1.82) is 0 Å². The van der Waals surface area contributed by atoms with Gasteiger partial charge in [0.05, 0.1) is 6.61 Å². The van der Waals surface area contributed by atoms with Crippen molar-refractivity contribution in [3.05, 3.63) is 0 Å². The lowest BCUT2D eigenvalue weighted by Crippen LogP contribution is -2.40. The highest BCUT2D eigenvalue weighted by molar-refractivity contribution is 5.76. The van der Waals surface area contributed by atoms with E-state index in [0.717, 1.165) is 12.8 Å². The van der Waals surface area contributed by atoms with E-state index < -0.39 is 12.0 Å². The fourth-order valence-corrected chi connectivity index (χ4v) is 1.61. The summed E-state index contributed by atoms with van der Waals surface area (Å²) in [5, 5.41) is 14.5. The fourth-order valence-electron chi connectivity index (χ4n) is 1.61. The van der Waals surface area contributed by atoms with E-state index >= 15 is 0 Å². The molecule has 0 aromatic rings. The number of hydrogen-bond acceptors (Lipinski definition) is 4. The maximum Gasteiger partial charge on any atom is 0.320 e. The van der Waals surface area contributed by atoms with Gasteiger partial charge in [0, 0.05) is 26.6 Å². The van der Waals surface area contributed by atoms with E-state index in [0.29, 0.717) is 26.1 Å². The van der Waals surface area contributed by atoms with Gasteiger partial charge < -0.3 is 20.5 Å². The molecule has 6 nitrogen and oxygen atoms in total. The second kappa shape index (κ2) is 7.24. The monoisotopic (exact) mass is 244 g/mol. The van der Waals surface area contributed by atoms with Gasteiger partial charge in [0.2, 0.25) is 5.91 Å². The Kier molecular flexibility index (Phi) is 5.93. The molecule has 1 aliphatic rings. The summed E-state index contributed by atoms with van der Waals surface area (Å²) in [6.07, 6.45) is 2.22. The summed E-state index contributed by atoms with van der Waals surface area (Å²) >= 11 is 0. The number of rotatable bonds is 9. The zero-order valence-electron chi connectivity index (χ0n) is 10.1. The summed E-state index contributed by atoms with van der Waals surface area (Å²) in [6, 6.07) is -0.498. The van der Waals surface area contributed by atoms with Crippen molar-refractivity contribution >= 4 is 11.9 Å². The van der Waals surface area contributed by atoms with Crippen LogP contribution < -0.4 is 10.6 Å². The Bertz CT molecular complexity index is 266. The smallest absolute Gasteiger partial charge is 0.320 e. The Hall–Kier alpha value is -1.14. The minimum Gasteiger partial charge on any atom is -0.480 e. The summed E-state index contributed by atoms with van der Waals surface area (Å²) in [6.45, 7) is 1.37. The largest absolute Gasteiger partial charge is 0.480 e. The van der Waals surface area contributed by atoms with Crippen molar-refractivity contribution in [3.8, 4) is 0 Å². The SMILES string of the molecule is COCCNC(=O)CCNC(C(=O)O)C1CC1. The molecule has 0 spiro atoms. The maximum absolute atomic E-state index is 11.3. The molecule has 0 aromatic carbocycles. The number of hydrogen-bond donors (Lipinski definition) is 3. The number of amides is 1. The van der Waals surface area contributed by atoms with Gasteiger partial charge in [-0.2, -0.15) is 0 Å². The van der Waals surface area contributed by atoms with Crippen LogP contribution in [0.25, 0.3) is 0 Å². The van der Waals surface area contributed by atoms with Crippen LogP contribution >= 0.6 is 0 Å². The molecule has 0 aromatic heterocycles. The van der Waals surface area contributed by atoms with Crippen molar-refractivity contribution in [2.75, 3.05) is 26.8 Å². The highest BCUT2D eigenvalue weighted by Gasteiger charge is 2.35. The third kappa shape index (κ3) is 5.65. The number of carbonyl (C=O) groups is 2. The Morgan fingerprint density at radius 2 is 2.12 bits per heavy atom. The minimum absolute atomic E-state index is 0.0884. The summed E-state index contributed by atoms with van der Waals surface area (Å²) in [5.41, 5.74) is 0. The minimum atomic E-state index is -0.827. The van der Waals surface area contributed by atoms with Gasteiger partial charge in [0.25, 0.3) is 0 Å². The van der Waals surface area contributed by atoms with Crippen LogP contribution in [0.4, 0.5) is 0 Å². The number of carbonyl (C=O) groups excluding carboxylic acids is 1. The Morgan fingerprint density at radius 1 is 1.41 bits per heavy atom. The van der Waals surface area contributed by atoms with E-state index in [4.69, 9.17) is 9.84 Å². The molecule has 3 N–H and O–H groups in total. The van der Waals surface area contributed by atoms with E-state index in [-0.39, 0.29) is 11.8 Å². The van der Waals surface area contributed by atoms with E-state index in [9.17, 15) is 9.59 Å². The predicted octanol–water partition coefficient (Wildman–Crippen LogP) is -0.408. The molecule has 1 fully saturated rings. The molecule has 1 amide bonds. The van der Waals surface area contributed by atoms with Gasteiger partial charge in [-0.1, -0.05) is 0 Å². The zero-order valence-corrected chi connectivity index (χ0v) is 10.1. The van der Waals surface area contributed by atoms with Crippen molar-refractivity contribution in [3.63, 3.8) is 0 Å². The van der Waals surface area contributed by atoms with Crippen molar-refractivity contribution in [2.24, 2.45) is 5.92 Å². The molecule has 1 aliphatic carbocycles. The van der Waals surface area contributed by atoms with Crippen LogP contribution in [0.5, 0.6) is 0 Å². The third-order valence-corrected chi connectivity index (χ3v) is 2.70. The van der Waals surface area contributed by atoms with Crippen LogP contribution in [0.3, 0.4) is 0 Å². The van der Waals surface area contributed by atoms with Gasteiger partial charge in [0.1, 0.15) is 6.04 Å². The predicted molar refractivity (Wildman–Crippen MR) is 61.7 cm³/mol. The molecule has 98 valence electrons. The topological polar surface area (TPSA) is 87.7 Å². The summed E-state index contributed by atoms with van der Waals surface area (Å²) in [4.78, 5) is 22.2. The molecule has 0 saturated heterocycles. The van der Waals surface area contributed by atoms with Gasteiger partial charge in [-0.3, -0.25) is 9.59 Å². The molecule has 1 unspecified atom stereocenters. The van der Waals surface area contributed by atoms with Crippen LogP contribution in [-0.4, -0.2) is 49.8 Å². The van der Waals surface area contributed by atoms with Gasteiger partial charge >= 0.3 is 5.97 Å². The molecular formula is C11H20N2O4. The van der Waals surface area contributed by atoms with E-state index in [1.54, 1.807) is 7.11 Å². The van der Waals surface area contributed by atoms with Crippen molar-refractivity contribution in [2.45, 2.75) is 25.3 Å².